The lowest BCUT2D eigenvalue weighted by Crippen LogP contribution is -2.37. The van der Waals surface area contributed by atoms with E-state index >= 15 is 0 Å². The molecule has 6 heteroatoms. The van der Waals surface area contributed by atoms with Gasteiger partial charge in [0.15, 0.2) is 28.9 Å². The Kier molecular flexibility index (Phi) is 6.29. The summed E-state index contributed by atoms with van der Waals surface area (Å²) in [7, 11) is 0. The number of Topliss-reactive ketones (excluding diaryl/α,β-unsaturated/α-hetero) is 3. The van der Waals surface area contributed by atoms with E-state index in [1.54, 1.807) is 37.3 Å². The van der Waals surface area contributed by atoms with Crippen molar-refractivity contribution in [2.75, 3.05) is 6.26 Å². The third-order valence-electron chi connectivity index (χ3n) is 4.91. The summed E-state index contributed by atoms with van der Waals surface area (Å²) in [4.78, 5) is 37.4. The Morgan fingerprint density at radius 2 is 1.86 bits per heavy atom. The van der Waals surface area contributed by atoms with Crippen molar-refractivity contribution in [3.05, 3.63) is 53.8 Å². The van der Waals surface area contributed by atoms with Crippen molar-refractivity contribution >= 4 is 29.1 Å². The van der Waals surface area contributed by atoms with Crippen molar-refractivity contribution in [3.63, 3.8) is 0 Å². The fourth-order valence-corrected chi connectivity index (χ4v) is 3.85. The van der Waals surface area contributed by atoms with Gasteiger partial charge in [0.05, 0.1) is 0 Å². The molecular formula is C22H21FO4S. The van der Waals surface area contributed by atoms with Crippen molar-refractivity contribution in [1.29, 1.82) is 0 Å². The van der Waals surface area contributed by atoms with Gasteiger partial charge in [-0.1, -0.05) is 19.1 Å². The summed E-state index contributed by atoms with van der Waals surface area (Å²) in [5.41, 5.74) is 0.766. The monoisotopic (exact) mass is 400 g/mol. The Labute approximate surface area is 167 Å². The largest absolute Gasteiger partial charge is 0.454 e. The van der Waals surface area contributed by atoms with E-state index in [1.165, 1.54) is 17.8 Å². The molecule has 2 aromatic rings. The SMILES string of the molecule is CCC(=O)C1C(=O)CC(c2cccc(Oc3ccc(SC)cc3F)c2)CC1=O. The zero-order valence-electron chi connectivity index (χ0n) is 15.7. The van der Waals surface area contributed by atoms with Crippen LogP contribution in [0.4, 0.5) is 4.39 Å². The van der Waals surface area contributed by atoms with E-state index in [4.69, 9.17) is 4.74 Å². The smallest absolute Gasteiger partial charge is 0.166 e. The molecule has 4 nitrogen and oxygen atoms in total. The number of hydrogen-bond donors (Lipinski definition) is 0. The van der Waals surface area contributed by atoms with Gasteiger partial charge in [-0.05, 0) is 48.1 Å². The first-order valence-corrected chi connectivity index (χ1v) is 10.3. The molecule has 1 saturated carbocycles. The number of benzene rings is 2. The summed E-state index contributed by atoms with van der Waals surface area (Å²) in [6.07, 6.45) is 2.33. The molecule has 0 spiro atoms. The highest BCUT2D eigenvalue weighted by Gasteiger charge is 2.39. The van der Waals surface area contributed by atoms with Crippen LogP contribution in [-0.2, 0) is 14.4 Å². The van der Waals surface area contributed by atoms with Crippen molar-refractivity contribution < 1.29 is 23.5 Å². The lowest BCUT2D eigenvalue weighted by atomic mass is 9.75. The molecule has 0 heterocycles. The van der Waals surface area contributed by atoms with Gasteiger partial charge in [-0.15, -0.1) is 11.8 Å². The van der Waals surface area contributed by atoms with Gasteiger partial charge in [-0.25, -0.2) is 4.39 Å². The second-order valence-corrected chi connectivity index (χ2v) is 7.64. The van der Waals surface area contributed by atoms with E-state index in [-0.39, 0.29) is 48.3 Å². The highest BCUT2D eigenvalue weighted by Crippen LogP contribution is 2.35. The molecule has 0 N–H and O–H groups in total. The summed E-state index contributed by atoms with van der Waals surface area (Å²) in [6.45, 7) is 1.65. The summed E-state index contributed by atoms with van der Waals surface area (Å²) >= 11 is 1.44. The van der Waals surface area contributed by atoms with Gasteiger partial charge in [-0.3, -0.25) is 14.4 Å². The quantitative estimate of drug-likeness (QED) is 0.507. The summed E-state index contributed by atoms with van der Waals surface area (Å²) in [5.74, 6) is -2.27. The number of rotatable bonds is 6. The lowest BCUT2D eigenvalue weighted by Gasteiger charge is -2.26. The van der Waals surface area contributed by atoms with Crippen molar-refractivity contribution in [1.82, 2.24) is 0 Å². The number of thioether (sulfide) groups is 1. The topological polar surface area (TPSA) is 60.4 Å². The van der Waals surface area contributed by atoms with Crippen molar-refractivity contribution in [3.8, 4) is 11.5 Å². The number of ether oxygens (including phenoxy) is 1. The first-order valence-electron chi connectivity index (χ1n) is 9.12. The molecule has 0 amide bonds. The minimum atomic E-state index is -1.11. The zero-order valence-corrected chi connectivity index (χ0v) is 16.6. The maximum atomic E-state index is 14.2. The fraction of sp³-hybridized carbons (Fsp3) is 0.318. The second-order valence-electron chi connectivity index (χ2n) is 6.76. The standard InChI is InChI=1S/C22H21FO4S/c1-3-18(24)22-19(25)10-14(11-20(22)26)13-5-4-6-15(9-13)27-21-8-7-16(28-2)12-17(21)23/h4-9,12,14,22H,3,10-11H2,1-2H3. The molecule has 0 aromatic heterocycles. The average Bonchev–Trinajstić information content (AvgIpc) is 2.69. The van der Waals surface area contributed by atoms with Crippen LogP contribution in [0.5, 0.6) is 11.5 Å². The first-order chi connectivity index (χ1) is 13.4. The van der Waals surface area contributed by atoms with Gasteiger partial charge in [0.25, 0.3) is 0 Å². The van der Waals surface area contributed by atoms with Gasteiger partial charge in [-0.2, -0.15) is 0 Å². The van der Waals surface area contributed by atoms with E-state index in [1.807, 2.05) is 12.3 Å². The molecule has 0 atom stereocenters. The van der Waals surface area contributed by atoms with Crippen LogP contribution in [0, 0.1) is 11.7 Å². The van der Waals surface area contributed by atoms with E-state index in [2.05, 4.69) is 0 Å². The van der Waals surface area contributed by atoms with Gasteiger partial charge in [0.1, 0.15) is 11.7 Å². The Bertz CT molecular complexity index is 907. The number of carbonyl (C=O) groups excluding carboxylic acids is 3. The average molecular weight is 400 g/mol. The highest BCUT2D eigenvalue weighted by atomic mass is 32.2. The molecular weight excluding hydrogens is 379 g/mol. The molecule has 0 saturated heterocycles. The molecule has 1 aliphatic carbocycles. The number of carbonyl (C=O) groups is 3. The van der Waals surface area contributed by atoms with Crippen LogP contribution in [-0.4, -0.2) is 23.6 Å². The van der Waals surface area contributed by atoms with Crippen LogP contribution in [0.3, 0.4) is 0 Å². The van der Waals surface area contributed by atoms with Crippen LogP contribution in [0.25, 0.3) is 0 Å². The Morgan fingerprint density at radius 1 is 1.14 bits per heavy atom. The minimum absolute atomic E-state index is 0.111. The van der Waals surface area contributed by atoms with Crippen LogP contribution < -0.4 is 4.74 Å². The zero-order chi connectivity index (χ0) is 20.3. The molecule has 2 aromatic carbocycles. The van der Waals surface area contributed by atoms with Crippen molar-refractivity contribution in [2.45, 2.75) is 37.0 Å². The maximum absolute atomic E-state index is 14.2. The third-order valence-corrected chi connectivity index (χ3v) is 5.63. The lowest BCUT2D eigenvalue weighted by molar-refractivity contribution is -0.142. The molecule has 3 rings (SSSR count). The number of hydrogen-bond acceptors (Lipinski definition) is 5. The normalized spacial score (nSPS) is 19.5. The Balaban J connectivity index is 1.78. The summed E-state index contributed by atoms with van der Waals surface area (Å²) in [5, 5.41) is 0. The van der Waals surface area contributed by atoms with Crippen LogP contribution >= 0.6 is 11.8 Å². The van der Waals surface area contributed by atoms with E-state index in [0.29, 0.717) is 5.75 Å². The molecule has 1 fully saturated rings. The molecule has 0 bridgehead atoms. The third kappa shape index (κ3) is 4.33. The second kappa shape index (κ2) is 8.69. The number of ketones is 3. The molecule has 28 heavy (non-hydrogen) atoms. The molecule has 0 aliphatic heterocycles. The van der Waals surface area contributed by atoms with E-state index < -0.39 is 11.7 Å². The van der Waals surface area contributed by atoms with Crippen LogP contribution in [0.1, 0.15) is 37.7 Å². The van der Waals surface area contributed by atoms with E-state index in [0.717, 1.165) is 10.5 Å². The Morgan fingerprint density at radius 3 is 2.46 bits per heavy atom. The van der Waals surface area contributed by atoms with E-state index in [9.17, 15) is 18.8 Å². The Hall–Kier alpha value is -2.47. The predicted octanol–water partition coefficient (Wildman–Crippen LogP) is 4.95. The first kappa shape index (κ1) is 20.3. The van der Waals surface area contributed by atoms with Gasteiger partial charge >= 0.3 is 0 Å². The van der Waals surface area contributed by atoms with Crippen LogP contribution in [0.2, 0.25) is 0 Å². The maximum Gasteiger partial charge on any atom is 0.166 e. The van der Waals surface area contributed by atoms with Gasteiger partial charge in [0.2, 0.25) is 0 Å². The molecule has 146 valence electrons. The fourth-order valence-electron chi connectivity index (χ4n) is 3.42. The minimum Gasteiger partial charge on any atom is -0.454 e. The molecule has 1 aliphatic rings. The van der Waals surface area contributed by atoms with Crippen molar-refractivity contribution in [2.24, 2.45) is 5.92 Å². The predicted molar refractivity (Wildman–Crippen MR) is 105 cm³/mol. The van der Waals surface area contributed by atoms with Gasteiger partial charge in [0, 0.05) is 24.2 Å². The van der Waals surface area contributed by atoms with Gasteiger partial charge < -0.3 is 4.74 Å². The molecule has 0 unspecified atom stereocenters. The highest BCUT2D eigenvalue weighted by molar-refractivity contribution is 7.98. The van der Waals surface area contributed by atoms with Crippen LogP contribution in [0.15, 0.2) is 47.4 Å². The summed E-state index contributed by atoms with van der Waals surface area (Å²) in [6, 6.07) is 11.7. The number of halogens is 1. The molecule has 0 radical (unpaired) electrons. The summed E-state index contributed by atoms with van der Waals surface area (Å²) < 4.78 is 19.8.